The fraction of sp³-hybridized carbons (Fsp3) is 0.412. The van der Waals surface area contributed by atoms with Crippen LogP contribution in [0.5, 0.6) is 11.5 Å². The van der Waals surface area contributed by atoms with Crippen molar-refractivity contribution in [3.05, 3.63) is 36.4 Å². The third-order valence-electron chi connectivity index (χ3n) is 3.60. The van der Waals surface area contributed by atoms with Gasteiger partial charge >= 0.3 is 0 Å². The fourth-order valence-electron chi connectivity index (χ4n) is 2.13. The summed E-state index contributed by atoms with van der Waals surface area (Å²) in [6.07, 6.45) is 3.56. The summed E-state index contributed by atoms with van der Waals surface area (Å²) >= 11 is 0. The van der Waals surface area contributed by atoms with E-state index < -0.39 is 0 Å². The molecule has 0 heterocycles. The highest BCUT2D eigenvalue weighted by Gasteiger charge is 2.01. The minimum atomic E-state index is 0.301. The summed E-state index contributed by atoms with van der Waals surface area (Å²) in [6, 6.07) is 11.4. The highest BCUT2D eigenvalue weighted by molar-refractivity contribution is 5.85. The number of rotatable bonds is 6. The molecule has 2 nitrogen and oxygen atoms in total. The summed E-state index contributed by atoms with van der Waals surface area (Å²) in [7, 11) is 0. The molecule has 0 aliphatic rings. The zero-order valence-corrected chi connectivity index (χ0v) is 11.7. The van der Waals surface area contributed by atoms with E-state index in [-0.39, 0.29) is 0 Å². The molecular weight excluding hydrogens is 236 g/mol. The van der Waals surface area contributed by atoms with Gasteiger partial charge in [-0.15, -0.1) is 0 Å². The normalized spacial score (nSPS) is 12.5. The molecule has 0 amide bonds. The van der Waals surface area contributed by atoms with E-state index in [2.05, 4.69) is 13.8 Å². The van der Waals surface area contributed by atoms with Crippen LogP contribution >= 0.6 is 0 Å². The van der Waals surface area contributed by atoms with Crippen LogP contribution in [0.15, 0.2) is 36.4 Å². The number of fused-ring (bicyclic) bond motifs is 1. The van der Waals surface area contributed by atoms with Gasteiger partial charge in [-0.3, -0.25) is 0 Å². The van der Waals surface area contributed by atoms with Gasteiger partial charge in [0, 0.05) is 0 Å². The molecule has 2 aromatic rings. The first-order valence-corrected chi connectivity index (χ1v) is 7.04. The first-order valence-electron chi connectivity index (χ1n) is 7.04. The van der Waals surface area contributed by atoms with E-state index in [0.717, 1.165) is 35.5 Å². The van der Waals surface area contributed by atoms with Crippen molar-refractivity contribution in [3.8, 4) is 11.5 Å². The lowest BCUT2D eigenvalue weighted by Crippen LogP contribution is -2.00. The average Bonchev–Trinajstić information content (AvgIpc) is 2.43. The van der Waals surface area contributed by atoms with Gasteiger partial charge in [0.2, 0.25) is 0 Å². The van der Waals surface area contributed by atoms with Crippen LogP contribution in [0.4, 0.5) is 0 Å². The molecule has 0 fully saturated rings. The van der Waals surface area contributed by atoms with Gasteiger partial charge in [-0.25, -0.2) is 0 Å². The van der Waals surface area contributed by atoms with E-state index in [0.29, 0.717) is 5.75 Å². The summed E-state index contributed by atoms with van der Waals surface area (Å²) in [5.74, 6) is 1.99. The first-order chi connectivity index (χ1) is 9.19. The Kier molecular flexibility index (Phi) is 4.67. The van der Waals surface area contributed by atoms with E-state index in [4.69, 9.17) is 4.74 Å². The highest BCUT2D eigenvalue weighted by Crippen LogP contribution is 2.24. The van der Waals surface area contributed by atoms with Crippen molar-refractivity contribution in [3.63, 3.8) is 0 Å². The second-order valence-electron chi connectivity index (χ2n) is 5.20. The molecule has 1 atom stereocenters. The minimum Gasteiger partial charge on any atom is -0.508 e. The Balaban J connectivity index is 1.92. The Morgan fingerprint density at radius 3 is 2.63 bits per heavy atom. The predicted octanol–water partition coefficient (Wildman–Crippen LogP) is 4.75. The van der Waals surface area contributed by atoms with Crippen LogP contribution in [0.25, 0.3) is 10.8 Å². The molecule has 0 aliphatic heterocycles. The molecular formula is C17H22O2. The molecule has 0 bridgehead atoms. The Labute approximate surface area is 115 Å². The number of hydrogen-bond donors (Lipinski definition) is 1. The molecule has 0 radical (unpaired) electrons. The lowest BCUT2D eigenvalue weighted by Gasteiger charge is -2.10. The molecule has 0 saturated carbocycles. The van der Waals surface area contributed by atoms with Gasteiger partial charge in [0.15, 0.2) is 0 Å². The summed E-state index contributed by atoms with van der Waals surface area (Å²) in [4.78, 5) is 0. The Hall–Kier alpha value is -1.70. The van der Waals surface area contributed by atoms with Crippen molar-refractivity contribution in [2.75, 3.05) is 6.61 Å². The monoisotopic (exact) mass is 258 g/mol. The zero-order chi connectivity index (χ0) is 13.7. The van der Waals surface area contributed by atoms with E-state index in [1.54, 1.807) is 12.1 Å². The second kappa shape index (κ2) is 6.46. The van der Waals surface area contributed by atoms with E-state index in [1.807, 2.05) is 24.3 Å². The third kappa shape index (κ3) is 3.88. The van der Waals surface area contributed by atoms with Crippen molar-refractivity contribution >= 4 is 10.8 Å². The van der Waals surface area contributed by atoms with Crippen molar-refractivity contribution in [1.82, 2.24) is 0 Å². The van der Waals surface area contributed by atoms with Crippen LogP contribution in [0.1, 0.15) is 33.1 Å². The molecule has 1 unspecified atom stereocenters. The maximum absolute atomic E-state index is 9.42. The van der Waals surface area contributed by atoms with Crippen LogP contribution in [0, 0.1) is 5.92 Å². The highest BCUT2D eigenvalue weighted by atomic mass is 16.5. The number of benzene rings is 2. The molecule has 2 rings (SSSR count). The molecule has 0 aromatic heterocycles. The minimum absolute atomic E-state index is 0.301. The standard InChI is InChI=1S/C17H22O2/c1-3-13(2)5-4-10-19-17-9-7-14-11-16(18)8-6-15(14)12-17/h6-9,11-13,18H,3-5,10H2,1-2H3. The maximum atomic E-state index is 9.42. The smallest absolute Gasteiger partial charge is 0.119 e. The van der Waals surface area contributed by atoms with Crippen molar-refractivity contribution in [2.24, 2.45) is 5.92 Å². The molecule has 0 saturated heterocycles. The molecule has 19 heavy (non-hydrogen) atoms. The Morgan fingerprint density at radius 1 is 1.11 bits per heavy atom. The maximum Gasteiger partial charge on any atom is 0.119 e. The predicted molar refractivity (Wildman–Crippen MR) is 79.8 cm³/mol. The Bertz CT molecular complexity index is 534. The van der Waals surface area contributed by atoms with Crippen LogP contribution in [0.3, 0.4) is 0 Å². The van der Waals surface area contributed by atoms with Crippen molar-refractivity contribution in [1.29, 1.82) is 0 Å². The largest absolute Gasteiger partial charge is 0.508 e. The van der Waals surface area contributed by atoms with Gasteiger partial charge in [0.05, 0.1) is 6.61 Å². The van der Waals surface area contributed by atoms with Gasteiger partial charge in [-0.05, 0) is 53.8 Å². The van der Waals surface area contributed by atoms with Gasteiger partial charge in [-0.2, -0.15) is 0 Å². The second-order valence-corrected chi connectivity index (χ2v) is 5.20. The molecule has 1 N–H and O–H groups in total. The number of ether oxygens (including phenoxy) is 1. The molecule has 2 heteroatoms. The van der Waals surface area contributed by atoms with Crippen LogP contribution in [-0.2, 0) is 0 Å². The number of phenols is 1. The van der Waals surface area contributed by atoms with Gasteiger partial charge in [0.25, 0.3) is 0 Å². The summed E-state index contributed by atoms with van der Waals surface area (Å²) in [6.45, 7) is 5.28. The summed E-state index contributed by atoms with van der Waals surface area (Å²) in [5, 5.41) is 11.5. The number of aromatic hydroxyl groups is 1. The lowest BCUT2D eigenvalue weighted by atomic mass is 10.0. The summed E-state index contributed by atoms with van der Waals surface area (Å²) in [5.41, 5.74) is 0. The van der Waals surface area contributed by atoms with Gasteiger partial charge < -0.3 is 9.84 Å². The van der Waals surface area contributed by atoms with E-state index in [9.17, 15) is 5.11 Å². The zero-order valence-electron chi connectivity index (χ0n) is 11.7. The van der Waals surface area contributed by atoms with Gasteiger partial charge in [-0.1, -0.05) is 32.4 Å². The number of phenolic OH excluding ortho intramolecular Hbond substituents is 1. The van der Waals surface area contributed by atoms with E-state index >= 15 is 0 Å². The molecule has 0 spiro atoms. The van der Waals surface area contributed by atoms with Gasteiger partial charge in [0.1, 0.15) is 11.5 Å². The lowest BCUT2D eigenvalue weighted by molar-refractivity contribution is 0.294. The SMILES string of the molecule is CCC(C)CCCOc1ccc2cc(O)ccc2c1. The Morgan fingerprint density at radius 2 is 1.84 bits per heavy atom. The molecule has 2 aromatic carbocycles. The van der Waals surface area contributed by atoms with Crippen LogP contribution < -0.4 is 4.74 Å². The average molecular weight is 258 g/mol. The number of hydrogen-bond acceptors (Lipinski definition) is 2. The molecule has 0 aliphatic carbocycles. The summed E-state index contributed by atoms with van der Waals surface area (Å²) < 4.78 is 5.78. The topological polar surface area (TPSA) is 29.5 Å². The van der Waals surface area contributed by atoms with E-state index in [1.165, 1.54) is 12.8 Å². The van der Waals surface area contributed by atoms with Crippen molar-refractivity contribution < 1.29 is 9.84 Å². The third-order valence-corrected chi connectivity index (χ3v) is 3.60. The quantitative estimate of drug-likeness (QED) is 0.758. The van der Waals surface area contributed by atoms with Crippen molar-refractivity contribution in [2.45, 2.75) is 33.1 Å². The van der Waals surface area contributed by atoms with Crippen LogP contribution in [0.2, 0.25) is 0 Å². The first kappa shape index (κ1) is 13.7. The fourth-order valence-corrected chi connectivity index (χ4v) is 2.13. The molecule has 102 valence electrons. The van der Waals surface area contributed by atoms with Crippen LogP contribution in [-0.4, -0.2) is 11.7 Å².